The van der Waals surface area contributed by atoms with Crippen LogP contribution in [-0.2, 0) is 21.4 Å². The van der Waals surface area contributed by atoms with Gasteiger partial charge in [0.1, 0.15) is 23.6 Å². The Morgan fingerprint density at radius 2 is 1.88 bits per heavy atom. The van der Waals surface area contributed by atoms with E-state index in [1.54, 1.807) is 6.20 Å². The van der Waals surface area contributed by atoms with E-state index < -0.39 is 16.0 Å². The number of rotatable bonds is 6. The second-order valence-electron chi connectivity index (χ2n) is 7.91. The van der Waals surface area contributed by atoms with E-state index in [4.69, 9.17) is 9.47 Å². The third-order valence-corrected chi connectivity index (χ3v) is 7.57. The minimum Gasteiger partial charge on any atom is -0.496 e. The lowest BCUT2D eigenvalue weighted by molar-refractivity contribution is 0.0464. The lowest BCUT2D eigenvalue weighted by Gasteiger charge is -2.20. The molecule has 0 spiro atoms. The van der Waals surface area contributed by atoms with E-state index >= 15 is 0 Å². The van der Waals surface area contributed by atoms with Crippen molar-refractivity contribution < 1.29 is 22.7 Å². The molecule has 2 aromatic heterocycles. The van der Waals surface area contributed by atoms with Crippen LogP contribution < -0.4 is 4.74 Å². The van der Waals surface area contributed by atoms with Gasteiger partial charge in [0.2, 0.25) is 10.0 Å². The molecule has 0 aliphatic carbocycles. The summed E-state index contributed by atoms with van der Waals surface area (Å²) >= 11 is 0. The number of methoxy groups -OCH3 is 1. The van der Waals surface area contributed by atoms with Gasteiger partial charge in [-0.3, -0.25) is 0 Å². The highest BCUT2D eigenvalue weighted by Gasteiger charge is 2.27. The monoisotopic (exact) mass is 457 g/mol. The van der Waals surface area contributed by atoms with Crippen molar-refractivity contribution in [2.45, 2.75) is 44.1 Å². The Kier molecular flexibility index (Phi) is 6.48. The van der Waals surface area contributed by atoms with Crippen LogP contribution >= 0.6 is 0 Å². The number of hydrogen-bond donors (Lipinski definition) is 0. The van der Waals surface area contributed by atoms with Crippen LogP contribution in [0.5, 0.6) is 5.75 Å². The fourth-order valence-electron chi connectivity index (χ4n) is 3.93. The molecule has 0 bridgehead atoms. The van der Waals surface area contributed by atoms with E-state index in [0.717, 1.165) is 36.9 Å². The number of benzene rings is 1. The Balaban J connectivity index is 1.56. The van der Waals surface area contributed by atoms with Crippen molar-refractivity contribution in [3.05, 3.63) is 59.5 Å². The van der Waals surface area contributed by atoms with Crippen LogP contribution in [0.1, 0.15) is 47.3 Å². The van der Waals surface area contributed by atoms with E-state index in [0.29, 0.717) is 18.8 Å². The summed E-state index contributed by atoms with van der Waals surface area (Å²) in [7, 11) is -2.27. The maximum absolute atomic E-state index is 13.1. The number of sulfonamides is 1. The predicted molar refractivity (Wildman–Crippen MR) is 119 cm³/mol. The number of carbonyl (C=O) groups is 1. The molecule has 8 nitrogen and oxygen atoms in total. The molecule has 1 aliphatic heterocycles. The molecule has 0 radical (unpaired) electrons. The quantitative estimate of drug-likeness (QED) is 0.526. The summed E-state index contributed by atoms with van der Waals surface area (Å²) in [5, 5.41) is 0. The van der Waals surface area contributed by atoms with Gasteiger partial charge in [-0.05, 0) is 49.6 Å². The number of ether oxygens (including phenoxy) is 2. The molecule has 1 aromatic carbocycles. The molecule has 0 unspecified atom stereocenters. The average Bonchev–Trinajstić information content (AvgIpc) is 3.02. The van der Waals surface area contributed by atoms with Crippen molar-refractivity contribution in [1.82, 2.24) is 13.7 Å². The molecular weight excluding hydrogens is 430 g/mol. The van der Waals surface area contributed by atoms with Gasteiger partial charge in [0.25, 0.3) is 0 Å². The predicted octanol–water partition coefficient (Wildman–Crippen LogP) is 3.57. The van der Waals surface area contributed by atoms with Crippen molar-refractivity contribution in [3.63, 3.8) is 0 Å². The maximum Gasteiger partial charge on any atom is 0.342 e. The molecule has 3 heterocycles. The zero-order chi connectivity index (χ0) is 22.7. The Morgan fingerprint density at radius 1 is 1.12 bits per heavy atom. The molecule has 1 fully saturated rings. The van der Waals surface area contributed by atoms with Gasteiger partial charge in [-0.25, -0.2) is 18.2 Å². The second-order valence-corrected chi connectivity index (χ2v) is 9.85. The third kappa shape index (κ3) is 4.49. The maximum atomic E-state index is 13.1. The van der Waals surface area contributed by atoms with Gasteiger partial charge in [-0.2, -0.15) is 4.31 Å². The third-order valence-electron chi connectivity index (χ3n) is 5.67. The van der Waals surface area contributed by atoms with Crippen LogP contribution in [0.15, 0.2) is 47.6 Å². The lowest BCUT2D eigenvalue weighted by Crippen LogP contribution is -2.32. The number of pyridine rings is 1. The second kappa shape index (κ2) is 9.30. The SMILES string of the molecule is COc1ccc(S(=O)(=O)N2CCCCCC2)cc1C(=O)OCc1cn2cccc(C)c2n1. The van der Waals surface area contributed by atoms with Crippen molar-refractivity contribution in [2.24, 2.45) is 0 Å². The van der Waals surface area contributed by atoms with Crippen molar-refractivity contribution in [3.8, 4) is 5.75 Å². The molecule has 0 saturated carbocycles. The number of nitrogens with zero attached hydrogens (tertiary/aromatic N) is 3. The van der Waals surface area contributed by atoms with Crippen LogP contribution in [0, 0.1) is 6.92 Å². The summed E-state index contributed by atoms with van der Waals surface area (Å²) in [4.78, 5) is 17.4. The van der Waals surface area contributed by atoms with Crippen molar-refractivity contribution in [2.75, 3.05) is 20.2 Å². The topological polar surface area (TPSA) is 90.2 Å². The van der Waals surface area contributed by atoms with E-state index in [-0.39, 0.29) is 22.8 Å². The van der Waals surface area contributed by atoms with Gasteiger partial charge < -0.3 is 13.9 Å². The minimum atomic E-state index is -3.70. The molecule has 32 heavy (non-hydrogen) atoms. The van der Waals surface area contributed by atoms with Gasteiger partial charge >= 0.3 is 5.97 Å². The number of aromatic nitrogens is 2. The molecule has 4 rings (SSSR count). The van der Waals surface area contributed by atoms with Crippen molar-refractivity contribution in [1.29, 1.82) is 0 Å². The zero-order valence-corrected chi connectivity index (χ0v) is 19.1. The Bertz CT molecular complexity index is 1230. The average molecular weight is 458 g/mol. The van der Waals surface area contributed by atoms with Crippen LogP contribution in [0.25, 0.3) is 5.65 Å². The standard InChI is InChI=1S/C23H27N3O5S/c1-17-8-7-11-25-15-18(24-22(17)25)16-31-23(27)20-14-19(9-10-21(20)30-2)32(28,29)26-12-5-3-4-6-13-26/h7-11,14-15H,3-6,12-13,16H2,1-2H3. The summed E-state index contributed by atoms with van der Waals surface area (Å²) in [5.74, 6) is -0.404. The van der Waals surface area contributed by atoms with Crippen LogP contribution in [-0.4, -0.2) is 48.3 Å². The lowest BCUT2D eigenvalue weighted by atomic mass is 10.2. The van der Waals surface area contributed by atoms with Crippen molar-refractivity contribution >= 4 is 21.6 Å². The van der Waals surface area contributed by atoms with Crippen LogP contribution in [0.2, 0.25) is 0 Å². The fraction of sp³-hybridized carbons (Fsp3) is 0.391. The number of hydrogen-bond acceptors (Lipinski definition) is 6. The smallest absolute Gasteiger partial charge is 0.342 e. The Hall–Kier alpha value is -2.91. The summed E-state index contributed by atoms with van der Waals surface area (Å²) in [6.07, 6.45) is 7.39. The summed E-state index contributed by atoms with van der Waals surface area (Å²) in [6.45, 7) is 2.90. The number of carbonyl (C=O) groups excluding carboxylic acids is 1. The minimum absolute atomic E-state index is 0.0355. The van der Waals surface area contributed by atoms with E-state index in [2.05, 4.69) is 4.98 Å². The highest BCUT2D eigenvalue weighted by Crippen LogP contribution is 2.27. The van der Waals surface area contributed by atoms with Crippen LogP contribution in [0.4, 0.5) is 0 Å². The Morgan fingerprint density at radius 3 is 2.56 bits per heavy atom. The zero-order valence-electron chi connectivity index (χ0n) is 18.3. The first-order valence-corrected chi connectivity index (χ1v) is 12.1. The first-order valence-electron chi connectivity index (χ1n) is 10.7. The van der Waals surface area contributed by atoms with Gasteiger partial charge in [-0.1, -0.05) is 18.9 Å². The van der Waals surface area contributed by atoms with Gasteiger partial charge in [0, 0.05) is 25.5 Å². The summed E-state index contributed by atoms with van der Waals surface area (Å²) < 4.78 is 40.4. The molecule has 0 atom stereocenters. The van der Waals surface area contributed by atoms with E-state index in [1.807, 2.05) is 29.7 Å². The molecule has 1 saturated heterocycles. The first-order chi connectivity index (χ1) is 15.4. The fourth-order valence-corrected chi connectivity index (χ4v) is 5.47. The van der Waals surface area contributed by atoms with Gasteiger partial charge in [-0.15, -0.1) is 0 Å². The molecule has 0 amide bonds. The largest absolute Gasteiger partial charge is 0.496 e. The van der Waals surface area contributed by atoms with Gasteiger partial charge in [0.05, 0.1) is 17.7 Å². The number of fused-ring (bicyclic) bond motifs is 1. The molecule has 1 aliphatic rings. The first kappa shape index (κ1) is 22.3. The van der Waals surface area contributed by atoms with Gasteiger partial charge in [0.15, 0.2) is 0 Å². The highest BCUT2D eigenvalue weighted by molar-refractivity contribution is 7.89. The van der Waals surface area contributed by atoms with Crippen LogP contribution in [0.3, 0.4) is 0 Å². The summed E-state index contributed by atoms with van der Waals surface area (Å²) in [5.41, 5.74) is 2.48. The van der Waals surface area contributed by atoms with E-state index in [9.17, 15) is 13.2 Å². The van der Waals surface area contributed by atoms with E-state index in [1.165, 1.54) is 29.6 Å². The summed E-state index contributed by atoms with van der Waals surface area (Å²) in [6, 6.07) is 8.19. The Labute approximate surface area is 187 Å². The molecule has 9 heteroatoms. The molecule has 0 N–H and O–H groups in total. The molecule has 170 valence electrons. The number of esters is 1. The molecular formula is C23H27N3O5S. The number of imidazole rings is 1. The number of aryl methyl sites for hydroxylation is 1. The molecule has 3 aromatic rings. The highest BCUT2D eigenvalue weighted by atomic mass is 32.2. The normalized spacial score (nSPS) is 15.4.